The second-order valence-electron chi connectivity index (χ2n) is 4.70. The Labute approximate surface area is 96.5 Å². The van der Waals surface area contributed by atoms with E-state index in [2.05, 4.69) is 24.3 Å². The Kier molecular flexibility index (Phi) is 3.56. The summed E-state index contributed by atoms with van der Waals surface area (Å²) in [6.45, 7) is 1.00. The average molecular weight is 222 g/mol. The number of nitrogens with zero attached hydrogens (tertiary/aromatic N) is 1. The van der Waals surface area contributed by atoms with E-state index in [1.54, 1.807) is 12.1 Å². The molecule has 2 rings (SSSR count). The molecule has 1 heterocycles. The van der Waals surface area contributed by atoms with Gasteiger partial charge >= 0.3 is 0 Å². The largest absolute Gasteiger partial charge is 0.310 e. The molecule has 0 bridgehead atoms. The van der Waals surface area contributed by atoms with E-state index in [1.807, 2.05) is 6.07 Å². The second-order valence-corrected chi connectivity index (χ2v) is 4.70. The molecule has 0 saturated carbocycles. The molecule has 0 aliphatic carbocycles. The molecular formula is C13H19FN2. The number of hydrogen-bond acceptors (Lipinski definition) is 2. The van der Waals surface area contributed by atoms with Crippen LogP contribution in [0.25, 0.3) is 0 Å². The highest BCUT2D eigenvalue weighted by Gasteiger charge is 2.23. The zero-order valence-electron chi connectivity index (χ0n) is 9.91. The van der Waals surface area contributed by atoms with Crippen molar-refractivity contribution in [2.24, 2.45) is 0 Å². The predicted molar refractivity (Wildman–Crippen MR) is 63.9 cm³/mol. The summed E-state index contributed by atoms with van der Waals surface area (Å²) in [5.41, 5.74) is 1.06. The summed E-state index contributed by atoms with van der Waals surface area (Å²) in [5.74, 6) is -0.147. The van der Waals surface area contributed by atoms with Crippen molar-refractivity contribution >= 4 is 0 Å². The summed E-state index contributed by atoms with van der Waals surface area (Å²) in [4.78, 5) is 2.26. The fourth-order valence-electron chi connectivity index (χ4n) is 2.34. The average Bonchev–Trinajstić information content (AvgIpc) is 2.29. The topological polar surface area (TPSA) is 15.3 Å². The van der Waals surface area contributed by atoms with Crippen LogP contribution < -0.4 is 5.32 Å². The van der Waals surface area contributed by atoms with E-state index in [-0.39, 0.29) is 11.9 Å². The first-order chi connectivity index (χ1) is 7.66. The quantitative estimate of drug-likeness (QED) is 0.825. The molecule has 2 atom stereocenters. The van der Waals surface area contributed by atoms with Gasteiger partial charge in [0.25, 0.3) is 0 Å². The molecule has 1 aromatic carbocycles. The Bertz CT molecular complexity index is 352. The summed E-state index contributed by atoms with van der Waals surface area (Å²) in [6, 6.07) is 7.79. The monoisotopic (exact) mass is 222 g/mol. The third-order valence-electron chi connectivity index (χ3n) is 3.36. The van der Waals surface area contributed by atoms with Crippen molar-refractivity contribution < 1.29 is 4.39 Å². The van der Waals surface area contributed by atoms with Crippen molar-refractivity contribution in [1.29, 1.82) is 0 Å². The van der Waals surface area contributed by atoms with Gasteiger partial charge in [-0.05, 0) is 51.2 Å². The van der Waals surface area contributed by atoms with Gasteiger partial charge in [-0.25, -0.2) is 4.39 Å². The van der Waals surface area contributed by atoms with Gasteiger partial charge in [-0.2, -0.15) is 0 Å². The first kappa shape index (κ1) is 11.6. The van der Waals surface area contributed by atoms with Crippen molar-refractivity contribution in [2.75, 3.05) is 20.6 Å². The Morgan fingerprint density at radius 1 is 1.38 bits per heavy atom. The van der Waals surface area contributed by atoms with E-state index in [4.69, 9.17) is 0 Å². The Balaban J connectivity index is 2.09. The van der Waals surface area contributed by atoms with E-state index in [9.17, 15) is 4.39 Å². The van der Waals surface area contributed by atoms with E-state index in [0.717, 1.165) is 18.5 Å². The minimum absolute atomic E-state index is 0.147. The number of rotatable bonds is 2. The van der Waals surface area contributed by atoms with Crippen LogP contribution in [0, 0.1) is 5.82 Å². The van der Waals surface area contributed by atoms with Crippen LogP contribution in [0.3, 0.4) is 0 Å². The maximum absolute atomic E-state index is 13.1. The van der Waals surface area contributed by atoms with Crippen LogP contribution in [0.15, 0.2) is 24.3 Å². The molecule has 1 saturated heterocycles. The Morgan fingerprint density at radius 2 is 2.19 bits per heavy atom. The molecule has 0 amide bonds. The van der Waals surface area contributed by atoms with E-state index >= 15 is 0 Å². The molecule has 2 unspecified atom stereocenters. The van der Waals surface area contributed by atoms with Gasteiger partial charge < -0.3 is 10.2 Å². The number of piperidine rings is 1. The van der Waals surface area contributed by atoms with Crippen LogP contribution in [0.2, 0.25) is 0 Å². The summed E-state index contributed by atoms with van der Waals surface area (Å²) < 4.78 is 13.1. The summed E-state index contributed by atoms with van der Waals surface area (Å²) in [6.07, 6.45) is 2.22. The zero-order chi connectivity index (χ0) is 11.5. The van der Waals surface area contributed by atoms with E-state index in [0.29, 0.717) is 6.04 Å². The van der Waals surface area contributed by atoms with Gasteiger partial charge in [-0.1, -0.05) is 12.1 Å². The molecule has 2 nitrogen and oxygen atoms in total. The molecule has 1 aliphatic heterocycles. The fourth-order valence-corrected chi connectivity index (χ4v) is 2.34. The number of halogens is 1. The van der Waals surface area contributed by atoms with Gasteiger partial charge in [0.2, 0.25) is 0 Å². The first-order valence-corrected chi connectivity index (χ1v) is 5.82. The Hall–Kier alpha value is -0.930. The standard InChI is InChI=1S/C13H19FN2/c1-16(2)12-6-7-15-13(9-12)10-4-3-5-11(14)8-10/h3-5,8,12-13,15H,6-7,9H2,1-2H3. The van der Waals surface area contributed by atoms with Crippen LogP contribution in [-0.4, -0.2) is 31.6 Å². The lowest BCUT2D eigenvalue weighted by molar-refractivity contribution is 0.207. The van der Waals surface area contributed by atoms with Crippen LogP contribution in [0.4, 0.5) is 4.39 Å². The van der Waals surface area contributed by atoms with Crippen molar-refractivity contribution in [2.45, 2.75) is 24.9 Å². The smallest absolute Gasteiger partial charge is 0.123 e. The van der Waals surface area contributed by atoms with Crippen LogP contribution in [0.5, 0.6) is 0 Å². The van der Waals surface area contributed by atoms with Crippen molar-refractivity contribution in [3.8, 4) is 0 Å². The summed E-state index contributed by atoms with van der Waals surface area (Å²) >= 11 is 0. The highest BCUT2D eigenvalue weighted by atomic mass is 19.1. The van der Waals surface area contributed by atoms with Crippen molar-refractivity contribution in [1.82, 2.24) is 10.2 Å². The van der Waals surface area contributed by atoms with Gasteiger partial charge in [-0.3, -0.25) is 0 Å². The van der Waals surface area contributed by atoms with Gasteiger partial charge in [0.15, 0.2) is 0 Å². The molecule has 1 fully saturated rings. The molecule has 1 aromatic rings. The van der Waals surface area contributed by atoms with Crippen LogP contribution in [0.1, 0.15) is 24.4 Å². The third kappa shape index (κ3) is 2.60. The molecule has 1 aliphatic rings. The molecular weight excluding hydrogens is 203 g/mol. The molecule has 0 radical (unpaired) electrons. The summed E-state index contributed by atoms with van der Waals surface area (Å²) in [5, 5.41) is 3.45. The van der Waals surface area contributed by atoms with Crippen molar-refractivity contribution in [3.63, 3.8) is 0 Å². The lowest BCUT2D eigenvalue weighted by Crippen LogP contribution is -2.41. The third-order valence-corrected chi connectivity index (χ3v) is 3.36. The van der Waals surface area contributed by atoms with Gasteiger partial charge in [0.1, 0.15) is 5.82 Å². The zero-order valence-corrected chi connectivity index (χ0v) is 9.91. The van der Waals surface area contributed by atoms with Crippen LogP contribution >= 0.6 is 0 Å². The number of benzene rings is 1. The fraction of sp³-hybridized carbons (Fsp3) is 0.538. The normalized spacial score (nSPS) is 26.0. The maximum atomic E-state index is 13.1. The summed E-state index contributed by atoms with van der Waals surface area (Å²) in [7, 11) is 4.22. The molecule has 0 aromatic heterocycles. The SMILES string of the molecule is CN(C)C1CCNC(c2cccc(F)c2)C1. The van der Waals surface area contributed by atoms with E-state index in [1.165, 1.54) is 12.5 Å². The molecule has 0 spiro atoms. The molecule has 3 heteroatoms. The highest BCUT2D eigenvalue weighted by molar-refractivity contribution is 5.21. The van der Waals surface area contributed by atoms with Gasteiger partial charge in [-0.15, -0.1) is 0 Å². The maximum Gasteiger partial charge on any atom is 0.123 e. The minimum Gasteiger partial charge on any atom is -0.310 e. The molecule has 1 N–H and O–H groups in total. The minimum atomic E-state index is -0.147. The van der Waals surface area contributed by atoms with E-state index < -0.39 is 0 Å². The first-order valence-electron chi connectivity index (χ1n) is 5.82. The number of hydrogen-bond donors (Lipinski definition) is 1. The van der Waals surface area contributed by atoms with Gasteiger partial charge in [0, 0.05) is 12.1 Å². The van der Waals surface area contributed by atoms with Crippen LogP contribution in [-0.2, 0) is 0 Å². The predicted octanol–water partition coefficient (Wildman–Crippen LogP) is 2.18. The van der Waals surface area contributed by atoms with Crippen molar-refractivity contribution in [3.05, 3.63) is 35.6 Å². The second kappa shape index (κ2) is 4.93. The number of nitrogens with one attached hydrogen (secondary N) is 1. The molecule has 16 heavy (non-hydrogen) atoms. The Morgan fingerprint density at radius 3 is 2.88 bits per heavy atom. The highest BCUT2D eigenvalue weighted by Crippen LogP contribution is 2.25. The lowest BCUT2D eigenvalue weighted by Gasteiger charge is -2.34. The lowest BCUT2D eigenvalue weighted by atomic mass is 9.93. The molecule has 88 valence electrons. The van der Waals surface area contributed by atoms with Gasteiger partial charge in [0.05, 0.1) is 0 Å².